The van der Waals surface area contributed by atoms with Crippen LogP contribution in [0.5, 0.6) is 0 Å². The van der Waals surface area contributed by atoms with Crippen molar-refractivity contribution in [3.63, 3.8) is 0 Å². The fourth-order valence-electron chi connectivity index (χ4n) is 1.84. The van der Waals surface area contributed by atoms with Crippen molar-refractivity contribution in [2.24, 2.45) is 4.99 Å². The zero-order valence-electron chi connectivity index (χ0n) is 12.9. The van der Waals surface area contributed by atoms with Crippen molar-refractivity contribution >= 4 is 53.1 Å². The summed E-state index contributed by atoms with van der Waals surface area (Å²) in [5.74, 6) is 1.42. The first-order valence-electron chi connectivity index (χ1n) is 6.95. The van der Waals surface area contributed by atoms with E-state index in [1.165, 1.54) is 0 Å². The molecule has 1 aromatic heterocycles. The number of hydrogen-bond donors (Lipinski definition) is 2. The molecule has 0 atom stereocenters. The van der Waals surface area contributed by atoms with Gasteiger partial charge in [0.1, 0.15) is 0 Å². The average molecular weight is 469 g/mol. The van der Waals surface area contributed by atoms with E-state index in [4.69, 9.17) is 27.7 Å². The predicted octanol–water partition coefficient (Wildman–Crippen LogP) is 4.03. The highest BCUT2D eigenvalue weighted by Gasteiger charge is 2.06. The molecule has 2 aromatic rings. The van der Waals surface area contributed by atoms with Gasteiger partial charge in [-0.15, -0.1) is 24.0 Å². The molecular formula is C15H19Cl2IN4O. The minimum atomic E-state index is 0. The second-order valence-electron chi connectivity index (χ2n) is 4.65. The zero-order valence-corrected chi connectivity index (χ0v) is 16.7. The average Bonchev–Trinajstić information content (AvgIpc) is 2.97. The number of nitrogens with one attached hydrogen (secondary N) is 2. The molecule has 0 saturated heterocycles. The summed E-state index contributed by atoms with van der Waals surface area (Å²) >= 11 is 12.0. The van der Waals surface area contributed by atoms with Crippen LogP contribution in [0.2, 0.25) is 10.0 Å². The van der Waals surface area contributed by atoms with Gasteiger partial charge in [0.2, 0.25) is 0 Å². The molecule has 1 heterocycles. The number of nitrogens with zero attached hydrogens (tertiary/aromatic N) is 2. The third kappa shape index (κ3) is 6.19. The molecule has 0 bridgehead atoms. The number of halogens is 3. The van der Waals surface area contributed by atoms with Crippen molar-refractivity contribution in [1.29, 1.82) is 0 Å². The highest BCUT2D eigenvalue weighted by molar-refractivity contribution is 14.0. The van der Waals surface area contributed by atoms with Crippen LogP contribution < -0.4 is 10.6 Å². The number of benzene rings is 1. The molecule has 8 heteroatoms. The molecule has 0 radical (unpaired) electrons. The van der Waals surface area contributed by atoms with Gasteiger partial charge in [0.05, 0.1) is 12.2 Å². The molecule has 0 amide bonds. The first-order valence-corrected chi connectivity index (χ1v) is 7.71. The van der Waals surface area contributed by atoms with Crippen LogP contribution in [0.25, 0.3) is 0 Å². The first-order chi connectivity index (χ1) is 10.6. The van der Waals surface area contributed by atoms with Gasteiger partial charge in [-0.05, 0) is 24.1 Å². The third-order valence-electron chi connectivity index (χ3n) is 3.09. The molecule has 0 aliphatic heterocycles. The van der Waals surface area contributed by atoms with Crippen LogP contribution in [0.1, 0.15) is 23.9 Å². The van der Waals surface area contributed by atoms with Gasteiger partial charge in [-0.1, -0.05) is 41.3 Å². The van der Waals surface area contributed by atoms with Gasteiger partial charge < -0.3 is 15.2 Å². The van der Waals surface area contributed by atoms with E-state index in [9.17, 15) is 0 Å². The summed E-state index contributed by atoms with van der Waals surface area (Å²) in [6.45, 7) is 3.10. The smallest absolute Gasteiger partial charge is 0.191 e. The molecule has 0 fully saturated rings. The minimum absolute atomic E-state index is 0. The summed E-state index contributed by atoms with van der Waals surface area (Å²) in [7, 11) is 1.71. The Morgan fingerprint density at radius 3 is 2.57 bits per heavy atom. The molecular weight excluding hydrogens is 450 g/mol. The SMILES string of the molecule is CCc1cc(CNC(=NC)NCc2ccc(Cl)cc2Cl)on1.I. The van der Waals surface area contributed by atoms with E-state index < -0.39 is 0 Å². The highest BCUT2D eigenvalue weighted by atomic mass is 127. The number of aromatic nitrogens is 1. The maximum Gasteiger partial charge on any atom is 0.191 e. The molecule has 0 saturated carbocycles. The van der Waals surface area contributed by atoms with E-state index in [1.54, 1.807) is 19.2 Å². The van der Waals surface area contributed by atoms with Gasteiger partial charge in [0.25, 0.3) is 0 Å². The predicted molar refractivity (Wildman–Crippen MR) is 105 cm³/mol. The number of guanidine groups is 1. The van der Waals surface area contributed by atoms with E-state index in [-0.39, 0.29) is 24.0 Å². The quantitative estimate of drug-likeness (QED) is 0.395. The summed E-state index contributed by atoms with van der Waals surface area (Å²) in [5, 5.41) is 11.5. The van der Waals surface area contributed by atoms with Gasteiger partial charge in [-0.25, -0.2) is 0 Å². The van der Waals surface area contributed by atoms with Gasteiger partial charge >= 0.3 is 0 Å². The van der Waals surface area contributed by atoms with Crippen LogP contribution in [0.15, 0.2) is 33.8 Å². The molecule has 0 spiro atoms. The lowest BCUT2D eigenvalue weighted by Gasteiger charge is -2.11. The molecule has 23 heavy (non-hydrogen) atoms. The Kier molecular flexibility index (Phi) is 8.72. The molecule has 5 nitrogen and oxygen atoms in total. The summed E-state index contributed by atoms with van der Waals surface area (Å²) < 4.78 is 5.21. The van der Waals surface area contributed by atoms with Crippen molar-refractivity contribution < 1.29 is 4.52 Å². The first kappa shape index (κ1) is 20.1. The molecule has 0 aliphatic carbocycles. The Bertz CT molecular complexity index is 661. The normalized spacial score (nSPS) is 11.0. The van der Waals surface area contributed by atoms with E-state index >= 15 is 0 Å². The number of aryl methyl sites for hydroxylation is 1. The van der Waals surface area contributed by atoms with E-state index in [2.05, 4.69) is 20.8 Å². The van der Waals surface area contributed by atoms with Crippen molar-refractivity contribution in [2.45, 2.75) is 26.4 Å². The maximum absolute atomic E-state index is 6.14. The van der Waals surface area contributed by atoms with Crippen LogP contribution >= 0.6 is 47.2 Å². The zero-order chi connectivity index (χ0) is 15.9. The summed E-state index contributed by atoms with van der Waals surface area (Å²) in [4.78, 5) is 4.16. The lowest BCUT2D eigenvalue weighted by Crippen LogP contribution is -2.36. The Morgan fingerprint density at radius 1 is 1.22 bits per heavy atom. The summed E-state index contributed by atoms with van der Waals surface area (Å²) in [6, 6.07) is 7.34. The van der Waals surface area contributed by atoms with Gasteiger partial charge in [0.15, 0.2) is 11.7 Å². The largest absolute Gasteiger partial charge is 0.359 e. The molecule has 126 valence electrons. The Labute approximate surface area is 162 Å². The lowest BCUT2D eigenvalue weighted by atomic mass is 10.2. The Balaban J connectivity index is 0.00000264. The van der Waals surface area contributed by atoms with Crippen LogP contribution in [0.3, 0.4) is 0 Å². The Morgan fingerprint density at radius 2 is 1.96 bits per heavy atom. The third-order valence-corrected chi connectivity index (χ3v) is 3.67. The van der Waals surface area contributed by atoms with Crippen molar-refractivity contribution in [3.8, 4) is 0 Å². The number of aliphatic imine (C=N–C) groups is 1. The number of rotatable bonds is 5. The monoisotopic (exact) mass is 468 g/mol. The van der Waals surface area contributed by atoms with Gasteiger partial charge in [-0.2, -0.15) is 0 Å². The molecule has 2 N–H and O–H groups in total. The van der Waals surface area contributed by atoms with Crippen LogP contribution in [0, 0.1) is 0 Å². The fraction of sp³-hybridized carbons (Fsp3) is 0.333. The molecule has 0 unspecified atom stereocenters. The fourth-order valence-corrected chi connectivity index (χ4v) is 2.32. The molecule has 1 aromatic carbocycles. The summed E-state index contributed by atoms with van der Waals surface area (Å²) in [6.07, 6.45) is 0.853. The minimum Gasteiger partial charge on any atom is -0.359 e. The summed E-state index contributed by atoms with van der Waals surface area (Å²) in [5.41, 5.74) is 1.88. The Hall–Kier alpha value is -0.990. The second-order valence-corrected chi connectivity index (χ2v) is 5.50. The van der Waals surface area contributed by atoms with Gasteiger partial charge in [0, 0.05) is 29.7 Å². The van der Waals surface area contributed by atoms with Crippen LogP contribution in [0.4, 0.5) is 0 Å². The molecule has 2 rings (SSSR count). The lowest BCUT2D eigenvalue weighted by molar-refractivity contribution is 0.374. The van der Waals surface area contributed by atoms with Gasteiger partial charge in [-0.3, -0.25) is 4.99 Å². The highest BCUT2D eigenvalue weighted by Crippen LogP contribution is 2.20. The number of hydrogen-bond acceptors (Lipinski definition) is 3. The van der Waals surface area contributed by atoms with Crippen molar-refractivity contribution in [2.75, 3.05) is 7.05 Å². The maximum atomic E-state index is 6.14. The standard InChI is InChI=1S/C15H18Cl2N4O.HI/c1-3-12-7-13(22-21-12)9-20-15(18-2)19-8-10-4-5-11(16)6-14(10)17;/h4-7H,3,8-9H2,1-2H3,(H2,18,19,20);1H. The van der Waals surface area contributed by atoms with E-state index in [0.717, 1.165) is 23.4 Å². The van der Waals surface area contributed by atoms with Crippen LogP contribution in [-0.2, 0) is 19.5 Å². The second kappa shape index (κ2) is 10.00. The van der Waals surface area contributed by atoms with E-state index in [1.807, 2.05) is 19.1 Å². The topological polar surface area (TPSA) is 62.5 Å². The van der Waals surface area contributed by atoms with Crippen molar-refractivity contribution in [1.82, 2.24) is 15.8 Å². The van der Waals surface area contributed by atoms with Crippen molar-refractivity contribution in [3.05, 3.63) is 51.3 Å². The molecule has 0 aliphatic rings. The van der Waals surface area contributed by atoms with Crippen LogP contribution in [-0.4, -0.2) is 18.2 Å². The van der Waals surface area contributed by atoms with E-state index in [0.29, 0.717) is 29.1 Å².